The largest absolute Gasteiger partial charge is 0.356 e. The van der Waals surface area contributed by atoms with Crippen molar-refractivity contribution in [3.63, 3.8) is 0 Å². The average Bonchev–Trinajstić information content (AvgIpc) is 2.29. The van der Waals surface area contributed by atoms with E-state index in [0.717, 1.165) is 38.6 Å². The van der Waals surface area contributed by atoms with Crippen LogP contribution in [0.1, 0.15) is 65.7 Å². The van der Waals surface area contributed by atoms with E-state index in [1.165, 1.54) is 0 Å². The SMILES string of the molecule is CCCC(=O)NCCCC[C@H](C)NC(=O)CCC. The van der Waals surface area contributed by atoms with Gasteiger partial charge in [-0.2, -0.15) is 0 Å². The Labute approximate surface area is 111 Å². The first kappa shape index (κ1) is 16.9. The maximum absolute atomic E-state index is 11.3. The summed E-state index contributed by atoms with van der Waals surface area (Å²) >= 11 is 0. The van der Waals surface area contributed by atoms with Crippen LogP contribution >= 0.6 is 0 Å². The van der Waals surface area contributed by atoms with Crippen LogP contribution in [0, 0.1) is 0 Å². The molecule has 4 heteroatoms. The molecule has 0 bridgehead atoms. The third-order valence-electron chi connectivity index (χ3n) is 2.75. The number of unbranched alkanes of at least 4 members (excludes halogenated alkanes) is 1. The van der Waals surface area contributed by atoms with E-state index in [-0.39, 0.29) is 17.9 Å². The molecule has 0 aromatic heterocycles. The first-order chi connectivity index (χ1) is 8.60. The highest BCUT2D eigenvalue weighted by Gasteiger charge is 2.05. The smallest absolute Gasteiger partial charge is 0.220 e. The number of hydrogen-bond acceptors (Lipinski definition) is 2. The van der Waals surface area contributed by atoms with Gasteiger partial charge in [-0.05, 0) is 39.0 Å². The van der Waals surface area contributed by atoms with Crippen molar-refractivity contribution in [2.75, 3.05) is 6.54 Å². The van der Waals surface area contributed by atoms with Crippen LogP contribution in [0.25, 0.3) is 0 Å². The fourth-order valence-electron chi connectivity index (χ4n) is 1.77. The highest BCUT2D eigenvalue weighted by Crippen LogP contribution is 2.01. The standard InChI is InChI=1S/C14H28N2O2/c1-4-8-13(17)15-11-7-6-10-12(3)16-14(18)9-5-2/h12H,4-11H2,1-3H3,(H,15,17)(H,16,18)/t12-/m0/s1. The van der Waals surface area contributed by atoms with E-state index in [1.54, 1.807) is 0 Å². The van der Waals surface area contributed by atoms with Crippen LogP contribution in [0.4, 0.5) is 0 Å². The van der Waals surface area contributed by atoms with Gasteiger partial charge in [0.05, 0.1) is 0 Å². The molecular weight excluding hydrogens is 228 g/mol. The molecule has 0 saturated carbocycles. The number of amides is 2. The minimum absolute atomic E-state index is 0.140. The lowest BCUT2D eigenvalue weighted by Gasteiger charge is -2.13. The second-order valence-corrected chi connectivity index (χ2v) is 4.81. The molecule has 0 spiro atoms. The zero-order valence-corrected chi connectivity index (χ0v) is 12.1. The van der Waals surface area contributed by atoms with Crippen molar-refractivity contribution < 1.29 is 9.59 Å². The first-order valence-corrected chi connectivity index (χ1v) is 7.16. The molecule has 0 rings (SSSR count). The maximum atomic E-state index is 11.3. The molecule has 106 valence electrons. The summed E-state index contributed by atoms with van der Waals surface area (Å²) in [7, 11) is 0. The van der Waals surface area contributed by atoms with Gasteiger partial charge in [0, 0.05) is 25.4 Å². The number of carbonyl (C=O) groups excluding carboxylic acids is 2. The first-order valence-electron chi connectivity index (χ1n) is 7.16. The molecule has 18 heavy (non-hydrogen) atoms. The van der Waals surface area contributed by atoms with Gasteiger partial charge in [-0.25, -0.2) is 0 Å². The Morgan fingerprint density at radius 3 is 2.22 bits per heavy atom. The van der Waals surface area contributed by atoms with Gasteiger partial charge in [-0.1, -0.05) is 13.8 Å². The van der Waals surface area contributed by atoms with Crippen molar-refractivity contribution in [2.45, 2.75) is 71.8 Å². The molecule has 2 N–H and O–H groups in total. The topological polar surface area (TPSA) is 58.2 Å². The fourth-order valence-corrected chi connectivity index (χ4v) is 1.77. The van der Waals surface area contributed by atoms with Gasteiger partial charge in [-0.15, -0.1) is 0 Å². The quantitative estimate of drug-likeness (QED) is 0.590. The second-order valence-electron chi connectivity index (χ2n) is 4.81. The summed E-state index contributed by atoms with van der Waals surface area (Å²) in [5.74, 6) is 0.281. The Kier molecular flexibility index (Phi) is 10.4. The molecule has 0 aliphatic rings. The van der Waals surface area contributed by atoms with Crippen molar-refractivity contribution in [3.05, 3.63) is 0 Å². The van der Waals surface area contributed by atoms with Crippen molar-refractivity contribution in [1.29, 1.82) is 0 Å². The molecule has 0 fully saturated rings. The summed E-state index contributed by atoms with van der Waals surface area (Å²) in [6, 6.07) is 0.232. The number of carbonyl (C=O) groups is 2. The molecule has 1 atom stereocenters. The predicted octanol–water partition coefficient (Wildman–Crippen LogP) is 2.38. The van der Waals surface area contributed by atoms with Crippen LogP contribution in [0.3, 0.4) is 0 Å². The van der Waals surface area contributed by atoms with Crippen LogP contribution in [0.5, 0.6) is 0 Å². The highest BCUT2D eigenvalue weighted by molar-refractivity contribution is 5.76. The lowest BCUT2D eigenvalue weighted by Crippen LogP contribution is -2.32. The molecule has 4 nitrogen and oxygen atoms in total. The van der Waals surface area contributed by atoms with Crippen molar-refractivity contribution in [1.82, 2.24) is 10.6 Å². The van der Waals surface area contributed by atoms with E-state index in [0.29, 0.717) is 12.8 Å². The molecule has 0 aliphatic carbocycles. The molecule has 0 unspecified atom stereocenters. The lowest BCUT2D eigenvalue weighted by molar-refractivity contribution is -0.122. The van der Waals surface area contributed by atoms with Gasteiger partial charge in [-0.3, -0.25) is 9.59 Å². The number of nitrogens with one attached hydrogen (secondary N) is 2. The summed E-state index contributed by atoms with van der Waals surface area (Å²) in [4.78, 5) is 22.5. The Hall–Kier alpha value is -1.06. The van der Waals surface area contributed by atoms with Gasteiger partial charge >= 0.3 is 0 Å². The van der Waals surface area contributed by atoms with E-state index < -0.39 is 0 Å². The Balaban J connectivity index is 3.43. The molecule has 0 aliphatic heterocycles. The van der Waals surface area contributed by atoms with Crippen LogP contribution < -0.4 is 10.6 Å². The van der Waals surface area contributed by atoms with Gasteiger partial charge in [0.2, 0.25) is 11.8 Å². The Morgan fingerprint density at radius 2 is 1.61 bits per heavy atom. The molecule has 0 aromatic carbocycles. The van der Waals surface area contributed by atoms with Gasteiger partial charge in [0.15, 0.2) is 0 Å². The highest BCUT2D eigenvalue weighted by atomic mass is 16.2. The van der Waals surface area contributed by atoms with E-state index in [1.807, 2.05) is 20.8 Å². The molecule has 0 saturated heterocycles. The van der Waals surface area contributed by atoms with Crippen molar-refractivity contribution in [2.24, 2.45) is 0 Å². The molecule has 0 aromatic rings. The van der Waals surface area contributed by atoms with E-state index in [4.69, 9.17) is 0 Å². The lowest BCUT2D eigenvalue weighted by atomic mass is 10.1. The predicted molar refractivity (Wildman–Crippen MR) is 74.3 cm³/mol. The molecule has 0 heterocycles. The van der Waals surface area contributed by atoms with Gasteiger partial charge in [0.1, 0.15) is 0 Å². The average molecular weight is 256 g/mol. The zero-order valence-electron chi connectivity index (χ0n) is 12.1. The van der Waals surface area contributed by atoms with Crippen LogP contribution in [-0.4, -0.2) is 24.4 Å². The Bertz CT molecular complexity index is 242. The normalized spacial score (nSPS) is 11.9. The maximum Gasteiger partial charge on any atom is 0.220 e. The summed E-state index contributed by atoms with van der Waals surface area (Å²) in [5.41, 5.74) is 0. The van der Waals surface area contributed by atoms with Gasteiger partial charge < -0.3 is 10.6 Å². The van der Waals surface area contributed by atoms with Crippen LogP contribution in [-0.2, 0) is 9.59 Å². The van der Waals surface area contributed by atoms with E-state index >= 15 is 0 Å². The minimum Gasteiger partial charge on any atom is -0.356 e. The van der Waals surface area contributed by atoms with Crippen molar-refractivity contribution in [3.8, 4) is 0 Å². The molecular formula is C14H28N2O2. The van der Waals surface area contributed by atoms with Crippen LogP contribution in [0.15, 0.2) is 0 Å². The second kappa shape index (κ2) is 11.1. The number of hydrogen-bond donors (Lipinski definition) is 2. The molecule has 0 radical (unpaired) electrons. The monoisotopic (exact) mass is 256 g/mol. The van der Waals surface area contributed by atoms with E-state index in [2.05, 4.69) is 10.6 Å². The fraction of sp³-hybridized carbons (Fsp3) is 0.857. The van der Waals surface area contributed by atoms with E-state index in [9.17, 15) is 9.59 Å². The Morgan fingerprint density at radius 1 is 1.00 bits per heavy atom. The summed E-state index contributed by atoms with van der Waals surface area (Å²) in [6.07, 6.45) is 5.98. The zero-order chi connectivity index (χ0) is 13.8. The third-order valence-corrected chi connectivity index (χ3v) is 2.75. The number of rotatable bonds is 10. The third kappa shape index (κ3) is 10.1. The summed E-state index contributed by atoms with van der Waals surface area (Å²) < 4.78 is 0. The summed E-state index contributed by atoms with van der Waals surface area (Å²) in [5, 5.41) is 5.87. The molecule has 2 amide bonds. The van der Waals surface area contributed by atoms with Gasteiger partial charge in [0.25, 0.3) is 0 Å². The summed E-state index contributed by atoms with van der Waals surface area (Å²) in [6.45, 7) is 6.78. The van der Waals surface area contributed by atoms with Crippen molar-refractivity contribution >= 4 is 11.8 Å². The minimum atomic E-state index is 0.140. The van der Waals surface area contributed by atoms with Crippen LogP contribution in [0.2, 0.25) is 0 Å².